The van der Waals surface area contributed by atoms with Gasteiger partial charge in [-0.25, -0.2) is 0 Å². The Morgan fingerprint density at radius 1 is 1.11 bits per heavy atom. The zero-order valence-electron chi connectivity index (χ0n) is 16.7. The van der Waals surface area contributed by atoms with E-state index < -0.39 is 0 Å². The first kappa shape index (κ1) is 19.4. The zero-order valence-corrected chi connectivity index (χ0v) is 17.5. The van der Waals surface area contributed by atoms with Gasteiger partial charge in [0.05, 0.1) is 0 Å². The lowest BCUT2D eigenvalue weighted by Gasteiger charge is -2.31. The highest BCUT2D eigenvalue weighted by Gasteiger charge is 2.19. The largest absolute Gasteiger partial charge is 0.347 e. The van der Waals surface area contributed by atoms with Crippen LogP contribution in [0.4, 0.5) is 5.69 Å². The number of fused-ring (bicyclic) bond motifs is 1. The highest BCUT2D eigenvalue weighted by Crippen LogP contribution is 2.24. The van der Waals surface area contributed by atoms with Gasteiger partial charge in [0.15, 0.2) is 5.11 Å². The molecule has 3 rings (SSSR count). The van der Waals surface area contributed by atoms with Gasteiger partial charge < -0.3 is 14.8 Å². The predicted octanol–water partition coefficient (Wildman–Crippen LogP) is 5.97. The summed E-state index contributed by atoms with van der Waals surface area (Å²) in [6.45, 7) is 10.5. The molecule has 0 amide bonds. The van der Waals surface area contributed by atoms with Crippen molar-refractivity contribution in [3.8, 4) is 0 Å². The summed E-state index contributed by atoms with van der Waals surface area (Å²) in [5, 5.41) is 5.56. The monoisotopic (exact) mass is 379 g/mol. The van der Waals surface area contributed by atoms with Crippen LogP contribution in [0, 0.1) is 6.92 Å². The lowest BCUT2D eigenvalue weighted by Crippen LogP contribution is -2.40. The molecular formula is C23H29N3S. The SMILES string of the molecule is CC[C@H](C)N(Cc1cn(CC)c2ccccc12)C(=S)Nc1ccccc1C. The van der Waals surface area contributed by atoms with Gasteiger partial charge >= 0.3 is 0 Å². The molecule has 0 spiro atoms. The van der Waals surface area contributed by atoms with Crippen LogP contribution >= 0.6 is 12.2 Å². The van der Waals surface area contributed by atoms with Gasteiger partial charge in [0.1, 0.15) is 0 Å². The number of rotatable bonds is 6. The third kappa shape index (κ3) is 4.16. The van der Waals surface area contributed by atoms with E-state index in [9.17, 15) is 0 Å². The summed E-state index contributed by atoms with van der Waals surface area (Å²) >= 11 is 5.82. The summed E-state index contributed by atoms with van der Waals surface area (Å²) in [7, 11) is 0. The first-order valence-electron chi connectivity index (χ1n) is 9.75. The fourth-order valence-electron chi connectivity index (χ4n) is 3.44. The van der Waals surface area contributed by atoms with Gasteiger partial charge in [-0.3, -0.25) is 0 Å². The number of aromatic nitrogens is 1. The molecule has 0 radical (unpaired) electrons. The second-order valence-electron chi connectivity index (χ2n) is 7.09. The minimum Gasteiger partial charge on any atom is -0.347 e. The molecule has 0 aliphatic heterocycles. The van der Waals surface area contributed by atoms with Crippen LogP contribution in [-0.4, -0.2) is 20.6 Å². The molecule has 1 aromatic heterocycles. The standard InChI is InChI=1S/C23H29N3S/c1-5-18(4)26(23(27)24-21-13-9-7-11-17(21)3)16-19-15-25(6-2)22-14-10-8-12-20(19)22/h7-15,18H,5-6,16H2,1-4H3,(H,24,27)/t18-/m0/s1. The molecule has 0 saturated carbocycles. The lowest BCUT2D eigenvalue weighted by atomic mass is 10.1. The van der Waals surface area contributed by atoms with Crippen molar-refractivity contribution in [2.75, 3.05) is 5.32 Å². The molecule has 2 aromatic carbocycles. The summed E-state index contributed by atoms with van der Waals surface area (Å²) in [4.78, 5) is 2.31. The Labute approximate surface area is 168 Å². The van der Waals surface area contributed by atoms with E-state index in [1.165, 1.54) is 22.0 Å². The average Bonchev–Trinajstić information content (AvgIpc) is 3.05. The molecule has 27 heavy (non-hydrogen) atoms. The van der Waals surface area contributed by atoms with Gasteiger partial charge in [-0.05, 0) is 62.7 Å². The maximum atomic E-state index is 5.82. The molecule has 0 aliphatic carbocycles. The number of nitrogens with one attached hydrogen (secondary N) is 1. The predicted molar refractivity (Wildman–Crippen MR) is 120 cm³/mol. The van der Waals surface area contributed by atoms with Gasteiger partial charge in [-0.15, -0.1) is 0 Å². The molecule has 3 nitrogen and oxygen atoms in total. The van der Waals surface area contributed by atoms with Crippen LogP contribution in [0.15, 0.2) is 54.7 Å². The molecule has 0 saturated heterocycles. The van der Waals surface area contributed by atoms with Crippen molar-refractivity contribution >= 4 is 33.9 Å². The van der Waals surface area contributed by atoms with E-state index in [0.29, 0.717) is 6.04 Å². The van der Waals surface area contributed by atoms with Gasteiger partial charge in [-0.1, -0.05) is 43.3 Å². The van der Waals surface area contributed by atoms with E-state index in [4.69, 9.17) is 12.2 Å². The minimum atomic E-state index is 0.359. The number of para-hydroxylation sites is 2. The van der Waals surface area contributed by atoms with Crippen LogP contribution in [-0.2, 0) is 13.1 Å². The van der Waals surface area contributed by atoms with Crippen LogP contribution in [0.5, 0.6) is 0 Å². The van der Waals surface area contributed by atoms with Gasteiger partial charge in [0, 0.05) is 41.9 Å². The van der Waals surface area contributed by atoms with E-state index in [1.54, 1.807) is 0 Å². The molecule has 142 valence electrons. The number of hydrogen-bond acceptors (Lipinski definition) is 1. The number of anilines is 1. The number of thiocarbonyl (C=S) groups is 1. The van der Waals surface area contributed by atoms with E-state index >= 15 is 0 Å². The average molecular weight is 380 g/mol. The molecule has 0 fully saturated rings. The van der Waals surface area contributed by atoms with Crippen LogP contribution in [0.1, 0.15) is 38.3 Å². The van der Waals surface area contributed by atoms with Crippen LogP contribution in [0.25, 0.3) is 10.9 Å². The molecule has 3 aromatic rings. The third-order valence-corrected chi connectivity index (χ3v) is 5.66. The van der Waals surface area contributed by atoms with E-state index in [0.717, 1.165) is 30.3 Å². The number of aryl methyl sites for hydroxylation is 2. The molecule has 0 aliphatic rings. The Bertz CT molecular complexity index is 928. The Morgan fingerprint density at radius 2 is 1.81 bits per heavy atom. The maximum Gasteiger partial charge on any atom is 0.173 e. The van der Waals surface area contributed by atoms with Crippen molar-refractivity contribution in [3.05, 3.63) is 65.9 Å². The Hall–Kier alpha value is -2.33. The second kappa shape index (κ2) is 8.57. The molecule has 1 atom stereocenters. The highest BCUT2D eigenvalue weighted by atomic mass is 32.1. The lowest BCUT2D eigenvalue weighted by molar-refractivity contribution is 0.320. The summed E-state index contributed by atoms with van der Waals surface area (Å²) in [5.74, 6) is 0. The molecule has 0 bridgehead atoms. The zero-order chi connectivity index (χ0) is 19.4. The Kier molecular flexibility index (Phi) is 6.17. The normalized spacial score (nSPS) is 12.1. The van der Waals surface area contributed by atoms with Crippen LogP contribution < -0.4 is 5.32 Å². The fourth-order valence-corrected chi connectivity index (χ4v) is 3.80. The van der Waals surface area contributed by atoms with Crippen molar-refractivity contribution in [2.45, 2.75) is 53.2 Å². The van der Waals surface area contributed by atoms with E-state index in [2.05, 4.69) is 91.1 Å². The molecule has 0 unspecified atom stereocenters. The van der Waals surface area contributed by atoms with Gasteiger partial charge in [0.25, 0.3) is 0 Å². The highest BCUT2D eigenvalue weighted by molar-refractivity contribution is 7.80. The summed E-state index contributed by atoms with van der Waals surface area (Å²) in [6.07, 6.45) is 3.32. The van der Waals surface area contributed by atoms with Crippen LogP contribution in [0.3, 0.4) is 0 Å². The first-order valence-corrected chi connectivity index (χ1v) is 10.2. The van der Waals surface area contributed by atoms with Crippen molar-refractivity contribution in [3.63, 3.8) is 0 Å². The third-order valence-electron chi connectivity index (χ3n) is 5.32. The quantitative estimate of drug-likeness (QED) is 0.533. The van der Waals surface area contributed by atoms with E-state index in [-0.39, 0.29) is 0 Å². The number of hydrogen-bond donors (Lipinski definition) is 1. The maximum absolute atomic E-state index is 5.82. The van der Waals surface area contributed by atoms with Crippen molar-refractivity contribution in [1.82, 2.24) is 9.47 Å². The van der Waals surface area contributed by atoms with Crippen LogP contribution in [0.2, 0.25) is 0 Å². The van der Waals surface area contributed by atoms with Crippen molar-refractivity contribution in [2.24, 2.45) is 0 Å². The first-order chi connectivity index (χ1) is 13.0. The fraction of sp³-hybridized carbons (Fsp3) is 0.348. The topological polar surface area (TPSA) is 20.2 Å². The smallest absolute Gasteiger partial charge is 0.173 e. The van der Waals surface area contributed by atoms with Gasteiger partial charge in [-0.2, -0.15) is 0 Å². The molecule has 1 N–H and O–H groups in total. The molecular weight excluding hydrogens is 350 g/mol. The summed E-state index contributed by atoms with van der Waals surface area (Å²) in [6, 6.07) is 17.3. The number of nitrogens with zero attached hydrogens (tertiary/aromatic N) is 2. The summed E-state index contributed by atoms with van der Waals surface area (Å²) in [5.41, 5.74) is 4.89. The van der Waals surface area contributed by atoms with Crippen molar-refractivity contribution < 1.29 is 0 Å². The van der Waals surface area contributed by atoms with Crippen molar-refractivity contribution in [1.29, 1.82) is 0 Å². The Morgan fingerprint density at radius 3 is 2.52 bits per heavy atom. The van der Waals surface area contributed by atoms with E-state index in [1.807, 2.05) is 6.07 Å². The van der Waals surface area contributed by atoms with Gasteiger partial charge in [0.2, 0.25) is 0 Å². The number of benzene rings is 2. The second-order valence-corrected chi connectivity index (χ2v) is 7.47. The summed E-state index contributed by atoms with van der Waals surface area (Å²) < 4.78 is 2.32. The molecule has 4 heteroatoms. The Balaban J connectivity index is 1.90. The molecule has 1 heterocycles. The minimum absolute atomic E-state index is 0.359.